The molecule has 104 valence electrons. The van der Waals surface area contributed by atoms with Crippen LogP contribution in [0.1, 0.15) is 45.4 Å². The van der Waals surface area contributed by atoms with Gasteiger partial charge in [-0.1, -0.05) is 19.8 Å². The molecule has 18 heavy (non-hydrogen) atoms. The number of methoxy groups -OCH3 is 1. The minimum Gasteiger partial charge on any atom is -0.379 e. The predicted octanol–water partition coefficient (Wildman–Crippen LogP) is 1.53. The normalized spacial score (nSPS) is 31.6. The molecule has 0 aromatic heterocycles. The van der Waals surface area contributed by atoms with E-state index in [2.05, 4.69) is 6.92 Å². The average molecular weight is 254 g/mol. The van der Waals surface area contributed by atoms with Crippen molar-refractivity contribution in [1.29, 1.82) is 0 Å². The van der Waals surface area contributed by atoms with Gasteiger partial charge < -0.3 is 15.4 Å². The second-order valence-electron chi connectivity index (χ2n) is 6.13. The second kappa shape index (κ2) is 5.57. The molecule has 0 bridgehead atoms. The van der Waals surface area contributed by atoms with E-state index in [-0.39, 0.29) is 17.6 Å². The number of rotatable bonds is 3. The molecule has 0 aromatic carbocycles. The third-order valence-corrected chi connectivity index (χ3v) is 4.65. The first-order valence-electron chi connectivity index (χ1n) is 7.13. The number of likely N-dealkylation sites (tertiary alicyclic amines) is 1. The van der Waals surface area contributed by atoms with Gasteiger partial charge in [0.15, 0.2) is 0 Å². The van der Waals surface area contributed by atoms with Gasteiger partial charge in [0, 0.05) is 32.2 Å². The molecule has 2 atom stereocenters. The monoisotopic (exact) mass is 254 g/mol. The van der Waals surface area contributed by atoms with Gasteiger partial charge >= 0.3 is 0 Å². The molecule has 1 heterocycles. The van der Waals surface area contributed by atoms with Crippen LogP contribution in [0, 0.1) is 5.92 Å². The maximum Gasteiger partial charge on any atom is 0.224 e. The van der Waals surface area contributed by atoms with Crippen molar-refractivity contribution in [3.05, 3.63) is 0 Å². The Morgan fingerprint density at radius 3 is 2.72 bits per heavy atom. The zero-order valence-corrected chi connectivity index (χ0v) is 11.7. The van der Waals surface area contributed by atoms with E-state index in [0.29, 0.717) is 12.3 Å². The molecule has 1 aliphatic heterocycles. The van der Waals surface area contributed by atoms with Crippen LogP contribution in [0.15, 0.2) is 0 Å². The number of piperidine rings is 1. The standard InChI is InChI=1S/C14H26N2O2/c1-11-5-8-16(10-12(11)18-2)13(17)9-14(15)6-3-4-7-14/h11-12H,3-10,15H2,1-2H3. The molecule has 0 spiro atoms. The van der Waals surface area contributed by atoms with Crippen molar-refractivity contribution in [3.63, 3.8) is 0 Å². The van der Waals surface area contributed by atoms with E-state index in [1.54, 1.807) is 7.11 Å². The highest BCUT2D eigenvalue weighted by Gasteiger charge is 2.35. The maximum atomic E-state index is 12.3. The van der Waals surface area contributed by atoms with Crippen LogP contribution >= 0.6 is 0 Å². The third-order valence-electron chi connectivity index (χ3n) is 4.65. The summed E-state index contributed by atoms with van der Waals surface area (Å²) in [6, 6.07) is 0. The van der Waals surface area contributed by atoms with Crippen LogP contribution in [0.2, 0.25) is 0 Å². The molecule has 2 rings (SSSR count). The Hall–Kier alpha value is -0.610. The molecule has 2 N–H and O–H groups in total. The van der Waals surface area contributed by atoms with Crippen LogP contribution in [-0.2, 0) is 9.53 Å². The lowest BCUT2D eigenvalue weighted by Crippen LogP contribution is -2.50. The first kappa shape index (κ1) is 13.8. The molecular formula is C14H26N2O2. The average Bonchev–Trinajstić information content (AvgIpc) is 2.76. The molecule has 2 fully saturated rings. The molecular weight excluding hydrogens is 228 g/mol. The second-order valence-corrected chi connectivity index (χ2v) is 6.13. The van der Waals surface area contributed by atoms with Crippen molar-refractivity contribution in [2.75, 3.05) is 20.2 Å². The Bertz CT molecular complexity index is 300. The highest BCUT2D eigenvalue weighted by Crippen LogP contribution is 2.31. The van der Waals surface area contributed by atoms with Gasteiger partial charge in [0.2, 0.25) is 5.91 Å². The number of carbonyl (C=O) groups excluding carboxylic acids is 1. The summed E-state index contributed by atoms with van der Waals surface area (Å²) in [6.45, 7) is 3.78. The van der Waals surface area contributed by atoms with Crippen LogP contribution in [0.5, 0.6) is 0 Å². The Morgan fingerprint density at radius 1 is 1.44 bits per heavy atom. The SMILES string of the molecule is COC1CN(C(=O)CC2(N)CCCC2)CCC1C. The summed E-state index contributed by atoms with van der Waals surface area (Å²) in [5, 5.41) is 0. The number of nitrogens with two attached hydrogens (primary N) is 1. The number of hydrogen-bond donors (Lipinski definition) is 1. The van der Waals surface area contributed by atoms with Gasteiger partial charge in [0.05, 0.1) is 6.10 Å². The quantitative estimate of drug-likeness (QED) is 0.831. The molecule has 4 nitrogen and oxygen atoms in total. The van der Waals surface area contributed by atoms with Crippen molar-refractivity contribution in [2.24, 2.45) is 11.7 Å². The minimum absolute atomic E-state index is 0.181. The molecule has 1 saturated carbocycles. The lowest BCUT2D eigenvalue weighted by Gasteiger charge is -2.37. The maximum absolute atomic E-state index is 12.3. The summed E-state index contributed by atoms with van der Waals surface area (Å²) in [4.78, 5) is 14.3. The van der Waals surface area contributed by atoms with E-state index >= 15 is 0 Å². The largest absolute Gasteiger partial charge is 0.379 e. The van der Waals surface area contributed by atoms with Gasteiger partial charge in [-0.25, -0.2) is 0 Å². The van der Waals surface area contributed by atoms with Crippen LogP contribution in [0.4, 0.5) is 0 Å². The highest BCUT2D eigenvalue weighted by molar-refractivity contribution is 5.77. The molecule has 4 heteroatoms. The van der Waals surface area contributed by atoms with Gasteiger partial charge in [-0.2, -0.15) is 0 Å². The van der Waals surface area contributed by atoms with E-state index < -0.39 is 0 Å². The number of ether oxygens (including phenoxy) is 1. The molecule has 1 amide bonds. The summed E-state index contributed by atoms with van der Waals surface area (Å²) in [6.07, 6.45) is 6.05. The first-order chi connectivity index (χ1) is 8.54. The molecule has 0 radical (unpaired) electrons. The summed E-state index contributed by atoms with van der Waals surface area (Å²) < 4.78 is 5.45. The fourth-order valence-corrected chi connectivity index (χ4v) is 3.24. The molecule has 1 aliphatic carbocycles. The Labute approximate surface area is 110 Å². The van der Waals surface area contributed by atoms with Crippen molar-refractivity contribution in [3.8, 4) is 0 Å². The molecule has 2 aliphatic rings. The van der Waals surface area contributed by atoms with Crippen molar-refractivity contribution in [1.82, 2.24) is 4.90 Å². The lowest BCUT2D eigenvalue weighted by molar-refractivity contribution is -0.137. The predicted molar refractivity (Wildman–Crippen MR) is 71.2 cm³/mol. The Kier molecular flexibility index (Phi) is 4.28. The Morgan fingerprint density at radius 2 is 2.11 bits per heavy atom. The lowest BCUT2D eigenvalue weighted by atomic mass is 9.91. The summed E-state index contributed by atoms with van der Waals surface area (Å²) in [5.74, 6) is 0.755. The van der Waals surface area contributed by atoms with E-state index in [0.717, 1.165) is 32.4 Å². The van der Waals surface area contributed by atoms with Crippen LogP contribution in [0.25, 0.3) is 0 Å². The van der Waals surface area contributed by atoms with E-state index in [4.69, 9.17) is 10.5 Å². The Balaban J connectivity index is 1.89. The van der Waals surface area contributed by atoms with Crippen molar-refractivity contribution in [2.45, 2.75) is 57.1 Å². The van der Waals surface area contributed by atoms with Crippen LogP contribution < -0.4 is 5.73 Å². The van der Waals surface area contributed by atoms with Gasteiger partial charge in [-0.3, -0.25) is 4.79 Å². The molecule has 2 unspecified atom stereocenters. The van der Waals surface area contributed by atoms with E-state index in [1.807, 2.05) is 4.90 Å². The minimum atomic E-state index is -0.233. The zero-order valence-electron chi connectivity index (χ0n) is 11.7. The topological polar surface area (TPSA) is 55.6 Å². The highest BCUT2D eigenvalue weighted by atomic mass is 16.5. The number of amides is 1. The van der Waals surface area contributed by atoms with Crippen LogP contribution in [0.3, 0.4) is 0 Å². The van der Waals surface area contributed by atoms with Crippen LogP contribution in [-0.4, -0.2) is 42.6 Å². The fourth-order valence-electron chi connectivity index (χ4n) is 3.24. The number of carbonyl (C=O) groups is 1. The smallest absolute Gasteiger partial charge is 0.224 e. The van der Waals surface area contributed by atoms with Crippen molar-refractivity contribution < 1.29 is 9.53 Å². The fraction of sp³-hybridized carbons (Fsp3) is 0.929. The van der Waals surface area contributed by atoms with Gasteiger partial charge in [-0.05, 0) is 25.2 Å². The zero-order chi connectivity index (χ0) is 13.2. The van der Waals surface area contributed by atoms with E-state index in [9.17, 15) is 4.79 Å². The van der Waals surface area contributed by atoms with E-state index in [1.165, 1.54) is 12.8 Å². The number of hydrogen-bond acceptors (Lipinski definition) is 3. The summed E-state index contributed by atoms with van der Waals surface area (Å²) >= 11 is 0. The molecule has 1 saturated heterocycles. The first-order valence-corrected chi connectivity index (χ1v) is 7.13. The third kappa shape index (κ3) is 3.04. The summed E-state index contributed by atoms with van der Waals surface area (Å²) in [5.41, 5.74) is 6.05. The molecule has 0 aromatic rings. The van der Waals surface area contributed by atoms with Gasteiger partial charge in [-0.15, -0.1) is 0 Å². The summed E-state index contributed by atoms with van der Waals surface area (Å²) in [7, 11) is 1.73. The van der Waals surface area contributed by atoms with Gasteiger partial charge in [0.25, 0.3) is 0 Å². The van der Waals surface area contributed by atoms with Gasteiger partial charge in [0.1, 0.15) is 0 Å². The number of nitrogens with zero attached hydrogens (tertiary/aromatic N) is 1. The van der Waals surface area contributed by atoms with Crippen molar-refractivity contribution >= 4 is 5.91 Å².